The van der Waals surface area contributed by atoms with Crippen LogP contribution in [0.25, 0.3) is 0 Å². The van der Waals surface area contributed by atoms with E-state index in [0.717, 1.165) is 24.8 Å². The van der Waals surface area contributed by atoms with Gasteiger partial charge in [0, 0.05) is 24.6 Å². The maximum absolute atomic E-state index is 9.65. The van der Waals surface area contributed by atoms with Gasteiger partial charge in [-0.1, -0.05) is 39.3 Å². The van der Waals surface area contributed by atoms with E-state index in [1.165, 1.54) is 19.9 Å². The molecule has 6 N–H and O–H groups in total. The van der Waals surface area contributed by atoms with Crippen LogP contribution < -0.4 is 16.8 Å². The van der Waals surface area contributed by atoms with Crippen molar-refractivity contribution < 1.29 is 5.11 Å². The highest BCUT2D eigenvalue weighted by Gasteiger charge is 2.20. The van der Waals surface area contributed by atoms with Crippen LogP contribution in [-0.2, 0) is 0 Å². The smallest absolute Gasteiger partial charge is 0.0477 e. The molecule has 0 aromatic heterocycles. The Kier molecular flexibility index (Phi) is 17.6. The van der Waals surface area contributed by atoms with Crippen molar-refractivity contribution >= 4 is 0 Å². The summed E-state index contributed by atoms with van der Waals surface area (Å²) in [5, 5.41) is 13.4. The first-order valence-electron chi connectivity index (χ1n) is 8.62. The molecule has 4 heteroatoms. The summed E-state index contributed by atoms with van der Waals surface area (Å²) < 4.78 is 0. The zero-order chi connectivity index (χ0) is 17.4. The molecule has 22 heavy (non-hydrogen) atoms. The van der Waals surface area contributed by atoms with Crippen molar-refractivity contribution in [3.05, 3.63) is 23.9 Å². The van der Waals surface area contributed by atoms with Crippen molar-refractivity contribution in [3.8, 4) is 0 Å². The van der Waals surface area contributed by atoms with E-state index in [1.54, 1.807) is 6.20 Å². The van der Waals surface area contributed by atoms with Crippen molar-refractivity contribution in [2.75, 3.05) is 13.7 Å². The van der Waals surface area contributed by atoms with Gasteiger partial charge in [0.25, 0.3) is 0 Å². The Morgan fingerprint density at radius 3 is 2.23 bits per heavy atom. The molecule has 0 aliphatic heterocycles. The van der Waals surface area contributed by atoms with Crippen molar-refractivity contribution in [2.45, 2.75) is 71.9 Å². The third-order valence-corrected chi connectivity index (χ3v) is 3.91. The molecule has 0 amide bonds. The Bertz CT molecular complexity index is 290. The number of allylic oxidation sites excluding steroid dienone is 3. The number of nitrogens with two attached hydrogens (primary N) is 2. The molecule has 3 unspecified atom stereocenters. The number of aliphatic hydroxyl groups is 1. The lowest BCUT2D eigenvalue weighted by molar-refractivity contribution is 0.178. The first-order valence-corrected chi connectivity index (χ1v) is 8.62. The summed E-state index contributed by atoms with van der Waals surface area (Å²) in [6, 6.07) is 0.942. The van der Waals surface area contributed by atoms with Gasteiger partial charge in [-0.05, 0) is 51.4 Å². The van der Waals surface area contributed by atoms with E-state index in [4.69, 9.17) is 5.73 Å². The minimum atomic E-state index is 0.226. The number of hydrogen-bond acceptors (Lipinski definition) is 4. The van der Waals surface area contributed by atoms with Crippen LogP contribution >= 0.6 is 0 Å². The summed E-state index contributed by atoms with van der Waals surface area (Å²) in [7, 11) is 1.50. The molecule has 0 aromatic carbocycles. The molecule has 0 bridgehead atoms. The Morgan fingerprint density at radius 1 is 1.18 bits per heavy atom. The maximum atomic E-state index is 9.65. The van der Waals surface area contributed by atoms with Crippen LogP contribution in [-0.4, -0.2) is 30.8 Å². The monoisotopic (exact) mass is 313 g/mol. The lowest BCUT2D eigenvalue weighted by atomic mass is 9.93. The molecule has 0 aliphatic rings. The Morgan fingerprint density at radius 2 is 1.82 bits per heavy atom. The van der Waals surface area contributed by atoms with Crippen LogP contribution in [0.3, 0.4) is 0 Å². The first-order chi connectivity index (χ1) is 10.6. The van der Waals surface area contributed by atoms with E-state index in [1.807, 2.05) is 13.0 Å². The van der Waals surface area contributed by atoms with Crippen LogP contribution in [0.2, 0.25) is 0 Å². The van der Waals surface area contributed by atoms with Crippen molar-refractivity contribution in [2.24, 2.45) is 17.4 Å². The highest BCUT2D eigenvalue weighted by molar-refractivity contribution is 5.14. The molecule has 0 saturated heterocycles. The van der Waals surface area contributed by atoms with Gasteiger partial charge in [0.05, 0.1) is 0 Å². The van der Waals surface area contributed by atoms with Crippen molar-refractivity contribution in [1.82, 2.24) is 5.32 Å². The molecule has 0 heterocycles. The molecular weight excluding hydrogens is 274 g/mol. The first kappa shape index (κ1) is 23.4. The van der Waals surface area contributed by atoms with Crippen molar-refractivity contribution in [1.29, 1.82) is 0 Å². The summed E-state index contributed by atoms with van der Waals surface area (Å²) in [6.07, 6.45) is 11.2. The molecule has 0 rings (SSSR count). The van der Waals surface area contributed by atoms with Gasteiger partial charge in [-0.25, -0.2) is 0 Å². The van der Waals surface area contributed by atoms with Gasteiger partial charge >= 0.3 is 0 Å². The molecule has 4 nitrogen and oxygen atoms in total. The van der Waals surface area contributed by atoms with Gasteiger partial charge in [0.1, 0.15) is 0 Å². The lowest BCUT2D eigenvalue weighted by Crippen LogP contribution is -2.43. The van der Waals surface area contributed by atoms with Gasteiger partial charge in [0.2, 0.25) is 0 Å². The fourth-order valence-electron chi connectivity index (χ4n) is 2.49. The Labute approximate surface area is 138 Å². The van der Waals surface area contributed by atoms with Crippen molar-refractivity contribution in [3.63, 3.8) is 0 Å². The molecule has 0 fully saturated rings. The Balaban J connectivity index is 0. The zero-order valence-electron chi connectivity index (χ0n) is 15.3. The molecule has 132 valence electrons. The highest BCUT2D eigenvalue weighted by atomic mass is 16.3. The second-order valence-corrected chi connectivity index (χ2v) is 5.57. The van der Waals surface area contributed by atoms with Crippen LogP contribution in [0.4, 0.5) is 0 Å². The second kappa shape index (κ2) is 16.5. The predicted molar refractivity (Wildman–Crippen MR) is 98.6 cm³/mol. The molecule has 0 aromatic rings. The fraction of sp³-hybridized carbons (Fsp3) is 0.778. The molecule has 0 spiro atoms. The van der Waals surface area contributed by atoms with Crippen LogP contribution in [0, 0.1) is 5.92 Å². The van der Waals surface area contributed by atoms with Crippen LogP contribution in [0.15, 0.2) is 23.9 Å². The van der Waals surface area contributed by atoms with Gasteiger partial charge in [0.15, 0.2) is 0 Å². The predicted octanol–water partition coefficient (Wildman–Crippen LogP) is 2.93. The van der Waals surface area contributed by atoms with E-state index < -0.39 is 0 Å². The summed E-state index contributed by atoms with van der Waals surface area (Å²) in [6.45, 7) is 8.84. The Hall–Kier alpha value is -0.840. The average molecular weight is 314 g/mol. The number of hydrogen-bond donors (Lipinski definition) is 4. The second-order valence-electron chi connectivity index (χ2n) is 5.57. The van der Waals surface area contributed by atoms with Crippen LogP contribution in [0.1, 0.15) is 59.8 Å². The van der Waals surface area contributed by atoms with Gasteiger partial charge in [-0.3, -0.25) is 0 Å². The third-order valence-electron chi connectivity index (χ3n) is 3.91. The average Bonchev–Trinajstić information content (AvgIpc) is 2.57. The maximum Gasteiger partial charge on any atom is 0.0477 e. The van der Waals surface area contributed by atoms with Gasteiger partial charge < -0.3 is 21.9 Å². The lowest BCUT2D eigenvalue weighted by Gasteiger charge is -2.29. The molecule has 0 radical (unpaired) electrons. The number of nitrogens with one attached hydrogen (secondary N) is 1. The van der Waals surface area contributed by atoms with Gasteiger partial charge in [-0.2, -0.15) is 0 Å². The van der Waals surface area contributed by atoms with E-state index in [2.05, 4.69) is 37.9 Å². The molecule has 0 aliphatic carbocycles. The largest absolute Gasteiger partial charge is 0.404 e. The van der Waals surface area contributed by atoms with E-state index in [-0.39, 0.29) is 12.5 Å². The summed E-state index contributed by atoms with van der Waals surface area (Å²) in [4.78, 5) is 0. The number of rotatable bonds is 11. The normalized spacial score (nSPS) is 16.0. The summed E-state index contributed by atoms with van der Waals surface area (Å²) >= 11 is 0. The molecule has 0 saturated carbocycles. The standard InChI is InChI=1S/C17H34N2O.CH5N/c1-5-9-16(6-2)19-17(7-3)15(13-20)11-8-10-14(4)12-18;1-2/h8,10,12,15-17,19-20H,5-7,9,11,13,18H2,1-4H3;2H2,1H3/b10-8-,14-12-;. The topological polar surface area (TPSA) is 84.3 Å². The quantitative estimate of drug-likeness (QED) is 0.442. The highest BCUT2D eigenvalue weighted by Crippen LogP contribution is 2.16. The van der Waals surface area contributed by atoms with Crippen LogP contribution in [0.5, 0.6) is 0 Å². The fourth-order valence-corrected chi connectivity index (χ4v) is 2.49. The minimum Gasteiger partial charge on any atom is -0.404 e. The molecule has 3 atom stereocenters. The third kappa shape index (κ3) is 10.8. The summed E-state index contributed by atoms with van der Waals surface area (Å²) in [5.41, 5.74) is 11.0. The molecular formula is C18H39N3O. The minimum absolute atomic E-state index is 0.226. The summed E-state index contributed by atoms with van der Waals surface area (Å²) in [5.74, 6) is 0.271. The SMILES string of the molecule is CCCC(CC)NC(CC)C(CO)C/C=C\C(C)=C/N.CN. The van der Waals surface area contributed by atoms with E-state index >= 15 is 0 Å². The van der Waals surface area contributed by atoms with Gasteiger partial charge in [-0.15, -0.1) is 0 Å². The number of aliphatic hydroxyl groups excluding tert-OH is 1. The van der Waals surface area contributed by atoms with E-state index in [0.29, 0.717) is 12.1 Å². The zero-order valence-corrected chi connectivity index (χ0v) is 15.3. The van der Waals surface area contributed by atoms with E-state index in [9.17, 15) is 5.11 Å².